The van der Waals surface area contributed by atoms with Gasteiger partial charge < -0.3 is 21.6 Å². The molecule has 6 heteroatoms. The van der Waals surface area contributed by atoms with Crippen molar-refractivity contribution >= 4 is 11.7 Å². The third kappa shape index (κ3) is 5.71. The third-order valence-electron chi connectivity index (χ3n) is 2.70. The molecule has 0 radical (unpaired) electrons. The topological polar surface area (TPSA) is 99.7 Å². The molecule has 0 aliphatic rings. The molecular formula is C14H22N4O2. The summed E-state index contributed by atoms with van der Waals surface area (Å²) in [7, 11) is 0. The Bertz CT molecular complexity index is 446. The Morgan fingerprint density at radius 3 is 2.55 bits per heavy atom. The normalized spacial score (nSPS) is 13.2. The zero-order valence-electron chi connectivity index (χ0n) is 11.8. The Morgan fingerprint density at radius 2 is 2.00 bits per heavy atom. The molecular weight excluding hydrogens is 256 g/mol. The van der Waals surface area contributed by atoms with Crippen LogP contribution in [0.3, 0.4) is 0 Å². The highest BCUT2D eigenvalue weighted by Crippen LogP contribution is 2.16. The van der Waals surface area contributed by atoms with Crippen molar-refractivity contribution in [1.82, 2.24) is 10.6 Å². The van der Waals surface area contributed by atoms with Gasteiger partial charge in [0.05, 0.1) is 6.54 Å². The number of nitrogens with zero attached hydrogens (tertiary/aromatic N) is 1. The van der Waals surface area contributed by atoms with Crippen molar-refractivity contribution in [2.45, 2.75) is 32.4 Å². The maximum absolute atomic E-state index is 11.7. The van der Waals surface area contributed by atoms with Crippen molar-refractivity contribution in [3.63, 3.8) is 0 Å². The Hall–Kier alpha value is -2.08. The zero-order valence-corrected chi connectivity index (χ0v) is 11.8. The fourth-order valence-electron chi connectivity index (χ4n) is 1.83. The average Bonchev–Trinajstić information content (AvgIpc) is 2.43. The van der Waals surface area contributed by atoms with Gasteiger partial charge in [0.2, 0.25) is 5.91 Å². The average molecular weight is 278 g/mol. The van der Waals surface area contributed by atoms with Gasteiger partial charge in [-0.3, -0.25) is 4.79 Å². The molecule has 1 amide bonds. The summed E-state index contributed by atoms with van der Waals surface area (Å²) in [5.74, 6) is 0.0380. The van der Waals surface area contributed by atoms with Crippen molar-refractivity contribution in [2.24, 2.45) is 10.9 Å². The van der Waals surface area contributed by atoms with Gasteiger partial charge in [0.15, 0.2) is 0 Å². The molecule has 0 fully saturated rings. The molecule has 0 saturated heterocycles. The van der Waals surface area contributed by atoms with E-state index in [1.165, 1.54) is 0 Å². The number of carbonyl (C=O) groups excluding carboxylic acids is 1. The molecule has 0 saturated carbocycles. The second-order valence-corrected chi connectivity index (χ2v) is 4.86. The smallest absolute Gasteiger partial charge is 0.234 e. The van der Waals surface area contributed by atoms with Crippen molar-refractivity contribution in [1.29, 1.82) is 0 Å². The first-order valence-corrected chi connectivity index (χ1v) is 6.57. The standard InChI is InChI=1S/C14H22N4O2/c1-10(2)17-14(19)9-16-12(8-13(15)18-20)11-6-4-3-5-7-11/h3-7,10,12,16,20H,8-9H2,1-2H3,(H2,15,18)(H,17,19). The summed E-state index contributed by atoms with van der Waals surface area (Å²) in [6, 6.07) is 9.52. The second-order valence-electron chi connectivity index (χ2n) is 4.86. The number of carbonyl (C=O) groups is 1. The Morgan fingerprint density at radius 1 is 1.35 bits per heavy atom. The first kappa shape index (κ1) is 16.0. The molecule has 1 unspecified atom stereocenters. The molecule has 20 heavy (non-hydrogen) atoms. The van der Waals surface area contributed by atoms with Crippen LogP contribution >= 0.6 is 0 Å². The second kappa shape index (κ2) is 8.16. The first-order valence-electron chi connectivity index (χ1n) is 6.57. The molecule has 5 N–H and O–H groups in total. The van der Waals surface area contributed by atoms with Crippen LogP contribution < -0.4 is 16.4 Å². The molecule has 0 bridgehead atoms. The molecule has 0 aliphatic heterocycles. The number of nitrogens with one attached hydrogen (secondary N) is 2. The summed E-state index contributed by atoms with van der Waals surface area (Å²) >= 11 is 0. The van der Waals surface area contributed by atoms with Crippen LogP contribution in [0.5, 0.6) is 0 Å². The summed E-state index contributed by atoms with van der Waals surface area (Å²) in [6.45, 7) is 3.99. The number of hydrogen-bond donors (Lipinski definition) is 4. The van der Waals surface area contributed by atoms with Gasteiger partial charge in [0.1, 0.15) is 5.84 Å². The Kier molecular flexibility index (Phi) is 6.52. The van der Waals surface area contributed by atoms with Crippen LogP contribution in [0.25, 0.3) is 0 Å². The molecule has 1 atom stereocenters. The maximum Gasteiger partial charge on any atom is 0.234 e. The van der Waals surface area contributed by atoms with E-state index in [9.17, 15) is 4.79 Å². The van der Waals surface area contributed by atoms with E-state index >= 15 is 0 Å². The van der Waals surface area contributed by atoms with Crippen LogP contribution in [0.4, 0.5) is 0 Å². The van der Waals surface area contributed by atoms with E-state index in [0.29, 0.717) is 6.42 Å². The number of benzene rings is 1. The van der Waals surface area contributed by atoms with Crippen molar-refractivity contribution in [3.8, 4) is 0 Å². The highest BCUT2D eigenvalue weighted by Gasteiger charge is 2.14. The van der Waals surface area contributed by atoms with Gasteiger partial charge in [0.25, 0.3) is 0 Å². The fraction of sp³-hybridized carbons (Fsp3) is 0.429. The van der Waals surface area contributed by atoms with Crippen LogP contribution in [0.2, 0.25) is 0 Å². The summed E-state index contributed by atoms with van der Waals surface area (Å²) in [5, 5.41) is 17.6. The lowest BCUT2D eigenvalue weighted by molar-refractivity contribution is -0.120. The van der Waals surface area contributed by atoms with Gasteiger partial charge in [-0.2, -0.15) is 0 Å². The lowest BCUT2D eigenvalue weighted by atomic mass is 10.0. The molecule has 1 aromatic carbocycles. The molecule has 0 spiro atoms. The van der Waals surface area contributed by atoms with Gasteiger partial charge in [-0.25, -0.2) is 0 Å². The number of amidine groups is 1. The number of oxime groups is 1. The minimum atomic E-state index is -0.176. The van der Waals surface area contributed by atoms with Gasteiger partial charge in [-0.1, -0.05) is 35.5 Å². The molecule has 1 rings (SSSR count). The summed E-state index contributed by atoms with van der Waals surface area (Å²) in [4.78, 5) is 11.7. The van der Waals surface area contributed by atoms with Crippen molar-refractivity contribution in [2.75, 3.05) is 6.54 Å². The highest BCUT2D eigenvalue weighted by atomic mass is 16.4. The zero-order chi connectivity index (χ0) is 15.0. The number of nitrogens with two attached hydrogens (primary N) is 1. The van der Waals surface area contributed by atoms with Crippen LogP contribution in [0.15, 0.2) is 35.5 Å². The molecule has 110 valence electrons. The van der Waals surface area contributed by atoms with Gasteiger partial charge >= 0.3 is 0 Å². The monoisotopic (exact) mass is 278 g/mol. The highest BCUT2D eigenvalue weighted by molar-refractivity contribution is 5.81. The lowest BCUT2D eigenvalue weighted by Gasteiger charge is -2.19. The Labute approximate surface area is 119 Å². The van der Waals surface area contributed by atoms with Crippen molar-refractivity contribution < 1.29 is 10.0 Å². The predicted octanol–water partition coefficient (Wildman–Crippen LogP) is 0.978. The van der Waals surface area contributed by atoms with E-state index in [1.54, 1.807) is 0 Å². The Balaban J connectivity index is 2.67. The largest absolute Gasteiger partial charge is 0.409 e. The summed E-state index contributed by atoms with van der Waals surface area (Å²) < 4.78 is 0. The van der Waals surface area contributed by atoms with E-state index in [1.807, 2.05) is 44.2 Å². The van der Waals surface area contributed by atoms with E-state index < -0.39 is 0 Å². The van der Waals surface area contributed by atoms with Gasteiger partial charge in [-0.15, -0.1) is 0 Å². The first-order chi connectivity index (χ1) is 9.52. The maximum atomic E-state index is 11.7. The summed E-state index contributed by atoms with van der Waals surface area (Å²) in [6.07, 6.45) is 0.329. The van der Waals surface area contributed by atoms with E-state index in [-0.39, 0.29) is 30.4 Å². The minimum absolute atomic E-state index is 0.0829. The van der Waals surface area contributed by atoms with Gasteiger partial charge in [0, 0.05) is 18.5 Å². The van der Waals surface area contributed by atoms with Crippen LogP contribution in [-0.2, 0) is 4.79 Å². The fourth-order valence-corrected chi connectivity index (χ4v) is 1.83. The number of rotatable bonds is 7. The molecule has 1 aromatic rings. The van der Waals surface area contributed by atoms with Crippen LogP contribution in [0.1, 0.15) is 31.9 Å². The van der Waals surface area contributed by atoms with Crippen LogP contribution in [0, 0.1) is 0 Å². The van der Waals surface area contributed by atoms with E-state index in [2.05, 4.69) is 15.8 Å². The SMILES string of the molecule is CC(C)NC(=O)CNC(CC(N)=NO)c1ccccc1. The van der Waals surface area contributed by atoms with E-state index in [4.69, 9.17) is 10.9 Å². The number of hydrogen-bond acceptors (Lipinski definition) is 4. The minimum Gasteiger partial charge on any atom is -0.409 e. The molecule has 0 aromatic heterocycles. The quantitative estimate of drug-likeness (QED) is 0.258. The van der Waals surface area contributed by atoms with Crippen molar-refractivity contribution in [3.05, 3.63) is 35.9 Å². The van der Waals surface area contributed by atoms with Crippen LogP contribution in [-0.4, -0.2) is 29.5 Å². The molecule has 0 heterocycles. The summed E-state index contributed by atoms with van der Waals surface area (Å²) in [5.41, 5.74) is 6.54. The number of amides is 1. The molecule has 6 nitrogen and oxygen atoms in total. The third-order valence-corrected chi connectivity index (χ3v) is 2.70. The van der Waals surface area contributed by atoms with E-state index in [0.717, 1.165) is 5.56 Å². The lowest BCUT2D eigenvalue weighted by Crippen LogP contribution is -2.39. The predicted molar refractivity (Wildman–Crippen MR) is 78.5 cm³/mol. The van der Waals surface area contributed by atoms with Gasteiger partial charge in [-0.05, 0) is 19.4 Å². The molecule has 0 aliphatic carbocycles.